The second-order valence-electron chi connectivity index (χ2n) is 6.54. The van der Waals surface area contributed by atoms with Crippen LogP contribution in [-0.4, -0.2) is 30.9 Å². The summed E-state index contributed by atoms with van der Waals surface area (Å²) in [6, 6.07) is 13.2. The number of carbonyl (C=O) groups excluding carboxylic acids is 2. The van der Waals surface area contributed by atoms with Gasteiger partial charge in [-0.15, -0.1) is 0 Å². The standard InChI is InChI=1S/C21H23NO3/c1-22(14-15-7-9-17(10-8-15)21(24)25-2)20(23)19-12-11-16-5-3-4-6-18(16)13-19/h7-13H,3-6,14H2,1-2H3. The van der Waals surface area contributed by atoms with Gasteiger partial charge < -0.3 is 9.64 Å². The predicted octanol–water partition coefficient (Wildman–Crippen LogP) is 3.62. The molecule has 2 aromatic rings. The molecule has 0 bridgehead atoms. The molecular formula is C21H23NO3. The van der Waals surface area contributed by atoms with Gasteiger partial charge in [0, 0.05) is 19.2 Å². The Balaban J connectivity index is 1.69. The lowest BCUT2D eigenvalue weighted by Crippen LogP contribution is -2.26. The van der Waals surface area contributed by atoms with Gasteiger partial charge in [0.15, 0.2) is 0 Å². The molecule has 4 nitrogen and oxygen atoms in total. The quantitative estimate of drug-likeness (QED) is 0.801. The number of hydrogen-bond acceptors (Lipinski definition) is 3. The monoisotopic (exact) mass is 337 g/mol. The molecule has 0 aliphatic heterocycles. The number of rotatable bonds is 4. The fraction of sp³-hybridized carbons (Fsp3) is 0.333. The van der Waals surface area contributed by atoms with E-state index in [9.17, 15) is 9.59 Å². The minimum absolute atomic E-state index is 0.0189. The van der Waals surface area contributed by atoms with Gasteiger partial charge in [-0.3, -0.25) is 4.79 Å². The van der Waals surface area contributed by atoms with Crippen LogP contribution in [0.5, 0.6) is 0 Å². The first-order valence-corrected chi connectivity index (χ1v) is 8.63. The SMILES string of the molecule is COC(=O)c1ccc(CN(C)C(=O)c2ccc3c(c2)CCCC3)cc1. The van der Waals surface area contributed by atoms with E-state index >= 15 is 0 Å². The van der Waals surface area contributed by atoms with Gasteiger partial charge in [0.1, 0.15) is 0 Å². The van der Waals surface area contributed by atoms with Gasteiger partial charge in [-0.25, -0.2) is 4.79 Å². The molecule has 0 spiro atoms. The first-order chi connectivity index (χ1) is 12.1. The van der Waals surface area contributed by atoms with Crippen LogP contribution in [0.15, 0.2) is 42.5 Å². The summed E-state index contributed by atoms with van der Waals surface area (Å²) in [6.07, 6.45) is 4.62. The average molecular weight is 337 g/mol. The number of amides is 1. The Kier molecular flexibility index (Phi) is 5.17. The van der Waals surface area contributed by atoms with Crippen molar-refractivity contribution >= 4 is 11.9 Å². The molecule has 0 fully saturated rings. The van der Waals surface area contributed by atoms with Crippen LogP contribution in [0.2, 0.25) is 0 Å². The Morgan fingerprint density at radius 2 is 1.60 bits per heavy atom. The summed E-state index contributed by atoms with van der Waals surface area (Å²) in [6.45, 7) is 0.497. The lowest BCUT2D eigenvalue weighted by molar-refractivity contribution is 0.0600. The summed E-state index contributed by atoms with van der Waals surface area (Å²) < 4.78 is 4.70. The summed E-state index contributed by atoms with van der Waals surface area (Å²) in [5.41, 5.74) is 4.92. The fourth-order valence-electron chi connectivity index (χ4n) is 3.30. The number of nitrogens with zero attached hydrogens (tertiary/aromatic N) is 1. The molecule has 0 heterocycles. The number of ether oxygens (including phenoxy) is 1. The highest BCUT2D eigenvalue weighted by Gasteiger charge is 2.16. The number of carbonyl (C=O) groups is 2. The molecule has 1 amide bonds. The zero-order valence-corrected chi connectivity index (χ0v) is 14.7. The van der Waals surface area contributed by atoms with E-state index in [1.807, 2.05) is 24.3 Å². The van der Waals surface area contributed by atoms with Crippen LogP contribution >= 0.6 is 0 Å². The van der Waals surface area contributed by atoms with E-state index in [1.54, 1.807) is 24.1 Å². The molecule has 0 atom stereocenters. The summed E-state index contributed by atoms with van der Waals surface area (Å²) in [7, 11) is 3.16. The van der Waals surface area contributed by atoms with Crippen LogP contribution in [0.4, 0.5) is 0 Å². The smallest absolute Gasteiger partial charge is 0.337 e. The summed E-state index contributed by atoms with van der Waals surface area (Å²) in [5.74, 6) is -0.338. The molecule has 0 unspecified atom stereocenters. The van der Waals surface area contributed by atoms with Crippen molar-refractivity contribution < 1.29 is 14.3 Å². The van der Waals surface area contributed by atoms with Crippen molar-refractivity contribution in [2.75, 3.05) is 14.2 Å². The average Bonchev–Trinajstić information content (AvgIpc) is 2.67. The van der Waals surface area contributed by atoms with Gasteiger partial charge in [-0.05, 0) is 66.6 Å². The molecule has 3 rings (SSSR count). The van der Waals surface area contributed by atoms with Crippen molar-refractivity contribution in [2.24, 2.45) is 0 Å². The van der Waals surface area contributed by atoms with Crippen LogP contribution in [0, 0.1) is 0 Å². The summed E-state index contributed by atoms with van der Waals surface area (Å²) in [5, 5.41) is 0. The number of fused-ring (bicyclic) bond motifs is 1. The maximum absolute atomic E-state index is 12.7. The molecule has 130 valence electrons. The summed E-state index contributed by atoms with van der Waals surface area (Å²) in [4.78, 5) is 25.9. The Morgan fingerprint density at radius 1 is 0.960 bits per heavy atom. The Bertz CT molecular complexity index is 780. The van der Waals surface area contributed by atoms with Crippen molar-refractivity contribution in [1.29, 1.82) is 0 Å². The van der Waals surface area contributed by atoms with E-state index in [0.29, 0.717) is 12.1 Å². The number of esters is 1. The zero-order chi connectivity index (χ0) is 17.8. The summed E-state index contributed by atoms with van der Waals surface area (Å²) >= 11 is 0. The predicted molar refractivity (Wildman–Crippen MR) is 96.7 cm³/mol. The maximum Gasteiger partial charge on any atom is 0.337 e. The second kappa shape index (κ2) is 7.51. The molecule has 1 aliphatic carbocycles. The van der Waals surface area contributed by atoms with E-state index in [1.165, 1.54) is 31.1 Å². The molecule has 0 aromatic heterocycles. The molecule has 0 N–H and O–H groups in total. The fourth-order valence-corrected chi connectivity index (χ4v) is 3.30. The molecule has 25 heavy (non-hydrogen) atoms. The van der Waals surface area contributed by atoms with Crippen LogP contribution in [-0.2, 0) is 24.1 Å². The van der Waals surface area contributed by atoms with Crippen LogP contribution in [0.3, 0.4) is 0 Å². The third kappa shape index (κ3) is 3.90. The van der Waals surface area contributed by atoms with Gasteiger partial charge in [0.05, 0.1) is 12.7 Å². The number of methoxy groups -OCH3 is 1. The van der Waals surface area contributed by atoms with Crippen molar-refractivity contribution in [3.63, 3.8) is 0 Å². The van der Waals surface area contributed by atoms with Crippen LogP contribution in [0.25, 0.3) is 0 Å². The van der Waals surface area contributed by atoms with E-state index < -0.39 is 0 Å². The van der Waals surface area contributed by atoms with E-state index in [0.717, 1.165) is 24.0 Å². The lowest BCUT2D eigenvalue weighted by atomic mass is 9.90. The van der Waals surface area contributed by atoms with E-state index in [-0.39, 0.29) is 11.9 Å². The van der Waals surface area contributed by atoms with Gasteiger partial charge in [-0.1, -0.05) is 18.2 Å². The largest absolute Gasteiger partial charge is 0.465 e. The topological polar surface area (TPSA) is 46.6 Å². The Morgan fingerprint density at radius 3 is 2.28 bits per heavy atom. The third-order valence-corrected chi connectivity index (χ3v) is 4.74. The van der Waals surface area contributed by atoms with Gasteiger partial charge in [-0.2, -0.15) is 0 Å². The van der Waals surface area contributed by atoms with E-state index in [4.69, 9.17) is 4.74 Å². The van der Waals surface area contributed by atoms with Crippen LogP contribution < -0.4 is 0 Å². The highest BCUT2D eigenvalue weighted by atomic mass is 16.5. The van der Waals surface area contributed by atoms with Crippen molar-refractivity contribution in [3.05, 3.63) is 70.3 Å². The molecular weight excluding hydrogens is 314 g/mol. The molecule has 2 aromatic carbocycles. The van der Waals surface area contributed by atoms with Gasteiger partial charge in [0.25, 0.3) is 5.91 Å². The molecule has 1 aliphatic rings. The Hall–Kier alpha value is -2.62. The van der Waals surface area contributed by atoms with Gasteiger partial charge in [0.2, 0.25) is 0 Å². The first-order valence-electron chi connectivity index (χ1n) is 8.63. The molecule has 4 heteroatoms. The third-order valence-electron chi connectivity index (χ3n) is 4.74. The second-order valence-corrected chi connectivity index (χ2v) is 6.54. The highest BCUT2D eigenvalue weighted by Crippen LogP contribution is 2.23. The number of benzene rings is 2. The number of hydrogen-bond donors (Lipinski definition) is 0. The lowest BCUT2D eigenvalue weighted by Gasteiger charge is -2.20. The first kappa shape index (κ1) is 17.2. The van der Waals surface area contributed by atoms with Crippen LogP contribution in [0.1, 0.15) is 50.2 Å². The molecule has 0 radical (unpaired) electrons. The Labute approximate surface area is 148 Å². The van der Waals surface area contributed by atoms with Crippen molar-refractivity contribution in [2.45, 2.75) is 32.2 Å². The molecule has 0 saturated carbocycles. The normalized spacial score (nSPS) is 13.0. The minimum atomic E-state index is -0.356. The van der Waals surface area contributed by atoms with Crippen molar-refractivity contribution in [3.8, 4) is 0 Å². The van der Waals surface area contributed by atoms with E-state index in [2.05, 4.69) is 6.07 Å². The minimum Gasteiger partial charge on any atom is -0.465 e. The van der Waals surface area contributed by atoms with Gasteiger partial charge >= 0.3 is 5.97 Å². The highest BCUT2D eigenvalue weighted by molar-refractivity contribution is 5.94. The zero-order valence-electron chi connectivity index (χ0n) is 14.7. The molecule has 0 saturated heterocycles. The van der Waals surface area contributed by atoms with Crippen molar-refractivity contribution in [1.82, 2.24) is 4.90 Å². The maximum atomic E-state index is 12.7. The number of aryl methyl sites for hydroxylation is 2.